The van der Waals surface area contributed by atoms with E-state index in [1.165, 1.54) is 12.1 Å². The van der Waals surface area contributed by atoms with Crippen LogP contribution in [0.3, 0.4) is 0 Å². The second-order valence-electron chi connectivity index (χ2n) is 6.77. The van der Waals surface area contributed by atoms with Gasteiger partial charge in [-0.1, -0.05) is 6.07 Å². The quantitative estimate of drug-likeness (QED) is 0.684. The number of nitro groups is 1. The normalized spacial score (nSPS) is 18.2. The van der Waals surface area contributed by atoms with Gasteiger partial charge < -0.3 is 10.2 Å². The van der Waals surface area contributed by atoms with Crippen LogP contribution in [0.1, 0.15) is 32.8 Å². The summed E-state index contributed by atoms with van der Waals surface area (Å²) in [5.41, 5.74) is 0.448. The summed E-state index contributed by atoms with van der Waals surface area (Å²) in [6.45, 7) is 7.73. The molecule has 0 saturated carbocycles. The lowest BCUT2D eigenvalue weighted by Crippen LogP contribution is -2.42. The molecular weight excluding hydrogens is 298 g/mol. The predicted molar refractivity (Wildman–Crippen MR) is 86.0 cm³/mol. The topological polar surface area (TPSA) is 92.6 Å². The number of benzene rings is 1. The van der Waals surface area contributed by atoms with Crippen LogP contribution in [0.25, 0.3) is 0 Å². The van der Waals surface area contributed by atoms with Crippen molar-refractivity contribution in [3.05, 3.63) is 33.9 Å². The van der Waals surface area contributed by atoms with Gasteiger partial charge in [-0.25, -0.2) is 0 Å². The van der Waals surface area contributed by atoms with Gasteiger partial charge in [0.25, 0.3) is 5.69 Å². The Morgan fingerprint density at radius 3 is 2.57 bits per heavy atom. The zero-order chi connectivity index (χ0) is 17.4. The molecular formula is C16H21N3O4. The second kappa shape index (κ2) is 5.98. The zero-order valence-electron chi connectivity index (χ0n) is 13.8. The van der Waals surface area contributed by atoms with Crippen LogP contribution < -0.4 is 5.32 Å². The summed E-state index contributed by atoms with van der Waals surface area (Å²) < 4.78 is 0. The lowest BCUT2D eigenvalue weighted by Gasteiger charge is -2.31. The van der Waals surface area contributed by atoms with E-state index < -0.39 is 10.8 Å². The molecule has 1 fully saturated rings. The number of amides is 2. The predicted octanol–water partition coefficient (Wildman–Crippen LogP) is 2.49. The summed E-state index contributed by atoms with van der Waals surface area (Å²) in [7, 11) is 0. The summed E-state index contributed by atoms with van der Waals surface area (Å²) in [5.74, 6) is -0.775. The molecule has 7 nitrogen and oxygen atoms in total. The lowest BCUT2D eigenvalue weighted by atomic mass is 10.1. The van der Waals surface area contributed by atoms with Crippen molar-refractivity contribution in [3.63, 3.8) is 0 Å². The molecule has 1 unspecified atom stereocenters. The van der Waals surface area contributed by atoms with E-state index in [1.807, 2.05) is 20.8 Å². The number of rotatable bonds is 3. The molecule has 0 radical (unpaired) electrons. The number of nitrogens with one attached hydrogen (secondary N) is 1. The maximum absolute atomic E-state index is 12.4. The lowest BCUT2D eigenvalue weighted by molar-refractivity contribution is -0.385. The van der Waals surface area contributed by atoms with Crippen LogP contribution in [-0.4, -0.2) is 33.7 Å². The molecule has 23 heavy (non-hydrogen) atoms. The minimum Gasteiger partial charge on any atom is -0.337 e. The smallest absolute Gasteiger partial charge is 0.274 e. The summed E-state index contributed by atoms with van der Waals surface area (Å²) in [4.78, 5) is 36.6. The molecule has 1 aromatic rings. The fraction of sp³-hybridized carbons (Fsp3) is 0.500. The highest BCUT2D eigenvalue weighted by Gasteiger charge is 2.39. The van der Waals surface area contributed by atoms with E-state index >= 15 is 0 Å². The first-order valence-electron chi connectivity index (χ1n) is 7.46. The second-order valence-corrected chi connectivity index (χ2v) is 6.77. The van der Waals surface area contributed by atoms with E-state index in [4.69, 9.17) is 0 Å². The maximum atomic E-state index is 12.4. The van der Waals surface area contributed by atoms with Crippen molar-refractivity contribution < 1.29 is 14.5 Å². The minimum atomic E-state index is -0.481. The fourth-order valence-corrected chi connectivity index (χ4v) is 2.72. The molecule has 0 aliphatic carbocycles. The summed E-state index contributed by atoms with van der Waals surface area (Å²) in [5, 5.41) is 13.7. The Morgan fingerprint density at radius 1 is 1.39 bits per heavy atom. The Labute approximate surface area is 134 Å². The van der Waals surface area contributed by atoms with E-state index in [2.05, 4.69) is 5.32 Å². The summed E-state index contributed by atoms with van der Waals surface area (Å²) in [6, 6.07) is 4.55. The van der Waals surface area contributed by atoms with Gasteiger partial charge in [0.1, 0.15) is 0 Å². The summed E-state index contributed by atoms with van der Waals surface area (Å²) >= 11 is 0. The van der Waals surface area contributed by atoms with Crippen LogP contribution in [-0.2, 0) is 9.59 Å². The van der Waals surface area contributed by atoms with Crippen LogP contribution in [0.15, 0.2) is 18.2 Å². The van der Waals surface area contributed by atoms with Crippen LogP contribution >= 0.6 is 0 Å². The van der Waals surface area contributed by atoms with Gasteiger partial charge in [-0.15, -0.1) is 0 Å². The van der Waals surface area contributed by atoms with Gasteiger partial charge >= 0.3 is 0 Å². The molecule has 2 rings (SSSR count). The van der Waals surface area contributed by atoms with Crippen molar-refractivity contribution in [1.82, 2.24) is 4.90 Å². The van der Waals surface area contributed by atoms with E-state index in [-0.39, 0.29) is 29.5 Å². The molecule has 124 valence electrons. The number of nitrogens with zero attached hydrogens (tertiary/aromatic N) is 2. The number of hydrogen-bond donors (Lipinski definition) is 1. The van der Waals surface area contributed by atoms with Crippen LogP contribution in [0, 0.1) is 23.0 Å². The van der Waals surface area contributed by atoms with Crippen molar-refractivity contribution >= 4 is 23.2 Å². The highest BCUT2D eigenvalue weighted by molar-refractivity contribution is 5.98. The number of carbonyl (C=O) groups is 2. The van der Waals surface area contributed by atoms with E-state index in [1.54, 1.807) is 17.9 Å². The van der Waals surface area contributed by atoms with Gasteiger partial charge in [0.2, 0.25) is 11.8 Å². The van der Waals surface area contributed by atoms with E-state index in [0.29, 0.717) is 17.8 Å². The molecule has 1 atom stereocenters. The molecule has 1 heterocycles. The Bertz CT molecular complexity index is 664. The first kappa shape index (κ1) is 16.9. The molecule has 7 heteroatoms. The third-order valence-electron chi connectivity index (χ3n) is 4.07. The van der Waals surface area contributed by atoms with Gasteiger partial charge in [-0.2, -0.15) is 0 Å². The first-order chi connectivity index (χ1) is 10.6. The third kappa shape index (κ3) is 3.49. The molecule has 0 spiro atoms. The minimum absolute atomic E-state index is 0.0402. The maximum Gasteiger partial charge on any atom is 0.274 e. The Balaban J connectivity index is 2.14. The highest BCUT2D eigenvalue weighted by atomic mass is 16.6. The fourth-order valence-electron chi connectivity index (χ4n) is 2.72. The Hall–Kier alpha value is -2.44. The van der Waals surface area contributed by atoms with Crippen molar-refractivity contribution in [2.45, 2.75) is 39.7 Å². The molecule has 0 bridgehead atoms. The summed E-state index contributed by atoms with van der Waals surface area (Å²) in [6.07, 6.45) is 0.164. The molecule has 1 saturated heterocycles. The van der Waals surface area contributed by atoms with Crippen LogP contribution in [0.5, 0.6) is 0 Å². The van der Waals surface area contributed by atoms with Gasteiger partial charge in [0.15, 0.2) is 0 Å². The molecule has 1 N–H and O–H groups in total. The van der Waals surface area contributed by atoms with Crippen LogP contribution in [0.4, 0.5) is 11.4 Å². The number of nitro benzene ring substituents is 1. The van der Waals surface area contributed by atoms with Crippen LogP contribution in [0.2, 0.25) is 0 Å². The number of hydrogen-bond acceptors (Lipinski definition) is 4. The molecule has 0 aromatic heterocycles. The first-order valence-corrected chi connectivity index (χ1v) is 7.46. The molecule has 1 aliphatic heterocycles. The van der Waals surface area contributed by atoms with Crippen molar-refractivity contribution in [3.8, 4) is 0 Å². The largest absolute Gasteiger partial charge is 0.337 e. The average molecular weight is 319 g/mol. The van der Waals surface area contributed by atoms with Gasteiger partial charge in [0.05, 0.1) is 22.1 Å². The zero-order valence-corrected chi connectivity index (χ0v) is 13.8. The van der Waals surface area contributed by atoms with Crippen molar-refractivity contribution in [2.24, 2.45) is 5.92 Å². The SMILES string of the molecule is Cc1c(NC(=O)C2CC(=O)N(C(C)(C)C)C2)cccc1[N+](=O)[O-]. The number of carbonyl (C=O) groups excluding carboxylic acids is 2. The van der Waals surface area contributed by atoms with Gasteiger partial charge in [-0.3, -0.25) is 19.7 Å². The molecule has 1 aliphatic rings. The molecule has 1 aromatic carbocycles. The standard InChI is InChI=1S/C16H21N3O4/c1-10-12(6-5-7-13(10)19(22)23)17-15(21)11-8-14(20)18(9-11)16(2,3)4/h5-7,11H,8-9H2,1-4H3,(H,17,21). The average Bonchev–Trinajstić information content (AvgIpc) is 2.83. The third-order valence-corrected chi connectivity index (χ3v) is 4.07. The Kier molecular flexibility index (Phi) is 4.40. The van der Waals surface area contributed by atoms with Gasteiger partial charge in [-0.05, 0) is 33.8 Å². The van der Waals surface area contributed by atoms with E-state index in [0.717, 1.165) is 0 Å². The monoisotopic (exact) mass is 319 g/mol. The van der Waals surface area contributed by atoms with Crippen molar-refractivity contribution in [1.29, 1.82) is 0 Å². The highest BCUT2D eigenvalue weighted by Crippen LogP contribution is 2.29. The van der Waals surface area contributed by atoms with Gasteiger partial charge in [0, 0.05) is 24.6 Å². The molecule has 2 amide bonds. The number of likely N-dealkylation sites (tertiary alicyclic amines) is 1. The number of anilines is 1. The van der Waals surface area contributed by atoms with Crippen molar-refractivity contribution in [2.75, 3.05) is 11.9 Å². The Morgan fingerprint density at radius 2 is 2.04 bits per heavy atom. The van der Waals surface area contributed by atoms with E-state index in [9.17, 15) is 19.7 Å².